The number of hydrogen-bond donors (Lipinski definition) is 2. The lowest BCUT2D eigenvalue weighted by atomic mass is 9.97. The number of nitrogens with one attached hydrogen (secondary N) is 2. The molecule has 8 heteroatoms. The van der Waals surface area contributed by atoms with Gasteiger partial charge < -0.3 is 15.5 Å². The summed E-state index contributed by atoms with van der Waals surface area (Å²) in [5.74, 6) is -0.0372. The third-order valence-electron chi connectivity index (χ3n) is 6.01. The van der Waals surface area contributed by atoms with Crippen LogP contribution in [-0.2, 0) is 24.2 Å². The molecule has 1 aliphatic heterocycles. The van der Waals surface area contributed by atoms with Crippen molar-refractivity contribution in [1.29, 1.82) is 5.26 Å². The summed E-state index contributed by atoms with van der Waals surface area (Å²) in [5.41, 5.74) is 3.70. The van der Waals surface area contributed by atoms with Crippen molar-refractivity contribution >= 4 is 28.3 Å². The fraction of sp³-hybridized carbons (Fsp3) is 0.308. The number of aromatic nitrogens is 1. The highest BCUT2D eigenvalue weighted by atomic mass is 32.1. The molecule has 4 rings (SSSR count). The minimum atomic E-state index is -0.117. The Morgan fingerprint density at radius 1 is 1.21 bits per heavy atom. The van der Waals surface area contributed by atoms with Crippen molar-refractivity contribution in [2.45, 2.75) is 38.6 Å². The maximum absolute atomic E-state index is 12.7. The third-order valence-corrected chi connectivity index (χ3v) is 7.14. The van der Waals surface area contributed by atoms with E-state index in [0.29, 0.717) is 43.0 Å². The van der Waals surface area contributed by atoms with E-state index in [4.69, 9.17) is 0 Å². The van der Waals surface area contributed by atoms with Gasteiger partial charge in [-0.15, -0.1) is 11.3 Å². The van der Waals surface area contributed by atoms with Crippen LogP contribution in [0.3, 0.4) is 0 Å². The van der Waals surface area contributed by atoms with Gasteiger partial charge in [0.1, 0.15) is 11.1 Å². The first-order valence-electron chi connectivity index (χ1n) is 11.4. The summed E-state index contributed by atoms with van der Waals surface area (Å²) in [4.78, 5) is 32.1. The number of hydrogen-bond acceptors (Lipinski definition) is 5. The van der Waals surface area contributed by atoms with Crippen molar-refractivity contribution in [2.75, 3.05) is 18.4 Å². The SMILES string of the molecule is CC(CC(=O)Nc1sc2c(c1C#N)CCN(C(=O)NCCc1ccncc1)C2)c1ccccc1. The largest absolute Gasteiger partial charge is 0.338 e. The number of carbonyl (C=O) groups is 2. The lowest BCUT2D eigenvalue weighted by Crippen LogP contribution is -2.43. The average molecular weight is 474 g/mol. The molecular weight excluding hydrogens is 446 g/mol. The van der Waals surface area contributed by atoms with Crippen LogP contribution in [0.15, 0.2) is 54.9 Å². The molecule has 2 N–H and O–H groups in total. The predicted molar refractivity (Wildman–Crippen MR) is 133 cm³/mol. The topological polar surface area (TPSA) is 98.1 Å². The van der Waals surface area contributed by atoms with Crippen LogP contribution in [-0.4, -0.2) is 34.9 Å². The van der Waals surface area contributed by atoms with E-state index in [0.717, 1.165) is 28.0 Å². The Hall–Kier alpha value is -3.70. The Morgan fingerprint density at radius 3 is 2.71 bits per heavy atom. The summed E-state index contributed by atoms with van der Waals surface area (Å²) in [7, 11) is 0. The quantitative estimate of drug-likeness (QED) is 0.529. The first-order valence-corrected chi connectivity index (χ1v) is 12.2. The predicted octanol–water partition coefficient (Wildman–Crippen LogP) is 4.46. The van der Waals surface area contributed by atoms with Gasteiger partial charge in [-0.05, 0) is 47.6 Å². The Kier molecular flexibility index (Phi) is 7.55. The highest BCUT2D eigenvalue weighted by molar-refractivity contribution is 7.16. The van der Waals surface area contributed by atoms with Gasteiger partial charge in [0.2, 0.25) is 5.91 Å². The first-order chi connectivity index (χ1) is 16.5. The van der Waals surface area contributed by atoms with E-state index in [1.165, 1.54) is 11.3 Å². The molecule has 34 heavy (non-hydrogen) atoms. The third kappa shape index (κ3) is 5.61. The molecule has 7 nitrogen and oxygen atoms in total. The van der Waals surface area contributed by atoms with Crippen molar-refractivity contribution in [3.63, 3.8) is 0 Å². The number of fused-ring (bicyclic) bond motifs is 1. The number of rotatable bonds is 7. The summed E-state index contributed by atoms with van der Waals surface area (Å²) in [6.45, 7) is 3.54. The van der Waals surface area contributed by atoms with E-state index in [9.17, 15) is 14.9 Å². The fourth-order valence-corrected chi connectivity index (χ4v) is 5.34. The maximum atomic E-state index is 12.7. The van der Waals surface area contributed by atoms with Crippen molar-refractivity contribution < 1.29 is 9.59 Å². The molecule has 0 spiro atoms. The van der Waals surface area contributed by atoms with Crippen LogP contribution in [0.5, 0.6) is 0 Å². The van der Waals surface area contributed by atoms with Crippen molar-refractivity contribution in [3.8, 4) is 6.07 Å². The van der Waals surface area contributed by atoms with E-state index in [2.05, 4.69) is 21.7 Å². The fourth-order valence-electron chi connectivity index (χ4n) is 4.11. The van der Waals surface area contributed by atoms with Gasteiger partial charge in [-0.25, -0.2) is 4.79 Å². The Labute approximate surface area is 203 Å². The van der Waals surface area contributed by atoms with Crippen LogP contribution in [0.2, 0.25) is 0 Å². The van der Waals surface area contributed by atoms with Gasteiger partial charge in [-0.2, -0.15) is 5.26 Å². The van der Waals surface area contributed by atoms with Gasteiger partial charge in [-0.1, -0.05) is 37.3 Å². The average Bonchev–Trinajstić information content (AvgIpc) is 3.20. The molecule has 1 atom stereocenters. The normalized spacial score (nSPS) is 13.5. The highest BCUT2D eigenvalue weighted by Gasteiger charge is 2.27. The Bertz CT molecular complexity index is 1190. The Balaban J connectivity index is 1.35. The number of carbonyl (C=O) groups excluding carboxylic acids is 2. The van der Waals surface area contributed by atoms with Crippen LogP contribution < -0.4 is 10.6 Å². The summed E-state index contributed by atoms with van der Waals surface area (Å²) >= 11 is 1.40. The van der Waals surface area contributed by atoms with Gasteiger partial charge in [0.05, 0.1) is 12.1 Å². The van der Waals surface area contributed by atoms with E-state index >= 15 is 0 Å². The van der Waals surface area contributed by atoms with Crippen LogP contribution in [0.1, 0.15) is 46.4 Å². The number of nitriles is 1. The van der Waals surface area contributed by atoms with Crippen LogP contribution in [0.25, 0.3) is 0 Å². The number of nitrogens with zero attached hydrogens (tertiary/aromatic N) is 3. The van der Waals surface area contributed by atoms with Gasteiger partial charge in [0.15, 0.2) is 0 Å². The first kappa shape index (κ1) is 23.5. The summed E-state index contributed by atoms with van der Waals surface area (Å²) in [5, 5.41) is 16.2. The van der Waals surface area contributed by atoms with Crippen LogP contribution in [0, 0.1) is 11.3 Å². The van der Waals surface area contributed by atoms with Crippen LogP contribution >= 0.6 is 11.3 Å². The molecule has 3 aromatic rings. The zero-order valence-corrected chi connectivity index (χ0v) is 19.9. The molecule has 0 radical (unpaired) electrons. The number of pyridine rings is 1. The number of urea groups is 1. The van der Waals surface area contributed by atoms with Crippen molar-refractivity contribution in [2.24, 2.45) is 0 Å². The minimum Gasteiger partial charge on any atom is -0.338 e. The molecule has 1 aliphatic rings. The summed E-state index contributed by atoms with van der Waals surface area (Å²) < 4.78 is 0. The van der Waals surface area contributed by atoms with Gasteiger partial charge in [0, 0.05) is 36.8 Å². The molecule has 0 fully saturated rings. The van der Waals surface area contributed by atoms with E-state index < -0.39 is 0 Å². The highest BCUT2D eigenvalue weighted by Crippen LogP contribution is 2.37. The second-order valence-electron chi connectivity index (χ2n) is 8.39. The second kappa shape index (κ2) is 10.9. The smallest absolute Gasteiger partial charge is 0.317 e. The molecule has 2 aromatic heterocycles. The lowest BCUT2D eigenvalue weighted by Gasteiger charge is -2.27. The molecule has 1 aromatic carbocycles. The number of benzene rings is 1. The van der Waals surface area contributed by atoms with Crippen molar-refractivity contribution in [1.82, 2.24) is 15.2 Å². The molecule has 0 saturated carbocycles. The minimum absolute atomic E-state index is 0.0765. The molecule has 0 aliphatic carbocycles. The standard InChI is InChI=1S/C26H27N5O2S/c1-18(20-5-3-2-4-6-20)15-24(32)30-25-22(16-27)21-10-14-31(17-23(21)34-25)26(33)29-13-9-19-7-11-28-12-8-19/h2-8,11-12,18H,9-10,13-15,17H2,1H3,(H,29,33)(H,30,32). The monoisotopic (exact) mass is 473 g/mol. The van der Waals surface area contributed by atoms with Gasteiger partial charge in [-0.3, -0.25) is 9.78 Å². The molecule has 0 bridgehead atoms. The second-order valence-corrected chi connectivity index (χ2v) is 9.50. The summed E-state index contributed by atoms with van der Waals surface area (Å²) in [6, 6.07) is 15.9. The molecular formula is C26H27N5O2S. The van der Waals surface area contributed by atoms with Crippen LogP contribution in [0.4, 0.5) is 9.80 Å². The summed E-state index contributed by atoms with van der Waals surface area (Å²) in [6.07, 6.45) is 5.16. The molecule has 0 saturated heterocycles. The van der Waals surface area contributed by atoms with Gasteiger partial charge >= 0.3 is 6.03 Å². The number of thiophene rings is 1. The zero-order valence-electron chi connectivity index (χ0n) is 19.1. The zero-order chi connectivity index (χ0) is 23.9. The molecule has 174 valence electrons. The van der Waals surface area contributed by atoms with E-state index in [1.54, 1.807) is 17.3 Å². The van der Waals surface area contributed by atoms with E-state index in [1.807, 2.05) is 49.4 Å². The molecule has 1 unspecified atom stereocenters. The maximum Gasteiger partial charge on any atom is 0.317 e. The van der Waals surface area contributed by atoms with E-state index in [-0.39, 0.29) is 17.9 Å². The number of amides is 3. The Morgan fingerprint density at radius 2 is 1.97 bits per heavy atom. The van der Waals surface area contributed by atoms with Gasteiger partial charge in [0.25, 0.3) is 0 Å². The van der Waals surface area contributed by atoms with Crippen molar-refractivity contribution in [3.05, 3.63) is 82.0 Å². The lowest BCUT2D eigenvalue weighted by molar-refractivity contribution is -0.116. The molecule has 3 heterocycles. The molecule has 3 amide bonds. The number of anilines is 1.